The summed E-state index contributed by atoms with van der Waals surface area (Å²) in [6.07, 6.45) is 0.976. The van der Waals surface area contributed by atoms with E-state index in [-0.39, 0.29) is 23.7 Å². The van der Waals surface area contributed by atoms with Gasteiger partial charge in [-0.3, -0.25) is 0 Å². The lowest BCUT2D eigenvalue weighted by Gasteiger charge is -2.49. The van der Waals surface area contributed by atoms with Crippen LogP contribution in [0.5, 0.6) is 0 Å². The maximum atomic E-state index is 8.07. The van der Waals surface area contributed by atoms with Crippen LogP contribution >= 0.6 is 46.4 Å². The third kappa shape index (κ3) is 3.12. The van der Waals surface area contributed by atoms with E-state index in [9.17, 15) is 0 Å². The van der Waals surface area contributed by atoms with Gasteiger partial charge in [-0.1, -0.05) is 48.5 Å². The van der Waals surface area contributed by atoms with Gasteiger partial charge < -0.3 is 18.9 Å². The highest BCUT2D eigenvalue weighted by molar-refractivity contribution is 6.34. The van der Waals surface area contributed by atoms with Crippen LogP contribution in [0.1, 0.15) is 35.6 Å². The SMILES string of the molecule is COC1(OC)[C@@]2(Cl)c3nc4cc5ccccc5cc4nc3[C@]1(Cl)[C@@H]1C[C@H]3[C@@H](C[C@@H]12)[C@@]1(Cl)c2nc4cc5ccccc5cc4nc2[C@]3(Cl)C1(OC)OC. The molecule has 2 heterocycles. The summed E-state index contributed by atoms with van der Waals surface area (Å²) >= 11 is 32.3. The molecule has 3 saturated carbocycles. The molecule has 5 aliphatic rings. The minimum atomic E-state index is -1.51. The van der Waals surface area contributed by atoms with E-state index in [0.29, 0.717) is 57.7 Å². The Morgan fingerprint density at radius 2 is 0.673 bits per heavy atom. The molecule has 52 heavy (non-hydrogen) atoms. The van der Waals surface area contributed by atoms with Crippen LogP contribution in [-0.4, -0.2) is 59.9 Å². The van der Waals surface area contributed by atoms with Gasteiger partial charge in [-0.15, -0.1) is 46.4 Å². The second-order valence-corrected chi connectivity index (χ2v) is 17.4. The van der Waals surface area contributed by atoms with Crippen LogP contribution in [0.3, 0.4) is 0 Å². The molecule has 5 aliphatic carbocycles. The maximum Gasteiger partial charge on any atom is 0.219 e. The van der Waals surface area contributed by atoms with Crippen molar-refractivity contribution < 1.29 is 18.9 Å². The van der Waals surface area contributed by atoms with Crippen molar-refractivity contribution in [2.75, 3.05) is 28.4 Å². The molecule has 4 bridgehead atoms. The summed E-state index contributed by atoms with van der Waals surface area (Å²) in [5, 5.41) is 4.20. The Hall–Kier alpha value is -2.92. The molecule has 12 heteroatoms. The Kier molecular flexibility index (Phi) is 6.27. The van der Waals surface area contributed by atoms with Crippen LogP contribution in [0.2, 0.25) is 0 Å². The van der Waals surface area contributed by atoms with Crippen molar-refractivity contribution in [2.24, 2.45) is 23.7 Å². The Balaban J connectivity index is 1.14. The van der Waals surface area contributed by atoms with Gasteiger partial charge in [0.1, 0.15) is 19.5 Å². The Labute approximate surface area is 319 Å². The van der Waals surface area contributed by atoms with Gasteiger partial charge in [0.05, 0.1) is 44.8 Å². The zero-order chi connectivity index (χ0) is 35.8. The van der Waals surface area contributed by atoms with Crippen LogP contribution in [0.4, 0.5) is 0 Å². The first-order valence-electron chi connectivity index (χ1n) is 17.4. The maximum absolute atomic E-state index is 8.07. The van der Waals surface area contributed by atoms with Crippen LogP contribution < -0.4 is 0 Å². The highest BCUT2D eigenvalue weighted by atomic mass is 35.5. The van der Waals surface area contributed by atoms with E-state index in [1.807, 2.05) is 48.5 Å². The number of ether oxygens (including phenoxy) is 4. The molecule has 264 valence electrons. The number of hydrogen-bond acceptors (Lipinski definition) is 8. The molecule has 3 fully saturated rings. The van der Waals surface area contributed by atoms with E-state index in [1.54, 1.807) is 28.4 Å². The zero-order valence-corrected chi connectivity index (χ0v) is 31.6. The van der Waals surface area contributed by atoms with Crippen LogP contribution in [0.25, 0.3) is 43.6 Å². The fourth-order valence-electron chi connectivity index (χ4n) is 11.6. The van der Waals surface area contributed by atoms with E-state index < -0.39 is 31.1 Å². The molecule has 0 spiro atoms. The standard InChI is InChI=1S/C40H32Cl4N4O4/c1-49-39(50-2)35(41)23-17-25-26(18-24(23)36(39,42)32-31(35)45-27-13-19-9-5-6-10-20(19)14-28(27)46-32)38(44)34-33(37(25,43)40(38,51-3)52-4)47-29-15-21-11-7-8-12-22(21)16-30(29)48-34/h5-16,23-26H,17-18H2,1-4H3/t23-,24+,25+,26-,35-,36+,37+,38-. The summed E-state index contributed by atoms with van der Waals surface area (Å²) in [6, 6.07) is 24.4. The molecule has 0 aliphatic heterocycles. The van der Waals surface area contributed by atoms with Crippen LogP contribution in [0, 0.1) is 23.7 Å². The lowest BCUT2D eigenvalue weighted by molar-refractivity contribution is -0.241. The number of benzene rings is 4. The molecular weight excluding hydrogens is 742 g/mol. The fourth-order valence-corrected chi connectivity index (χ4v) is 14.5. The summed E-state index contributed by atoms with van der Waals surface area (Å²) in [4.78, 5) is 15.6. The van der Waals surface area contributed by atoms with Crippen molar-refractivity contribution >= 4 is 90.0 Å². The molecule has 0 unspecified atom stereocenters. The van der Waals surface area contributed by atoms with Crippen molar-refractivity contribution in [3.8, 4) is 0 Å². The topological polar surface area (TPSA) is 88.5 Å². The number of methoxy groups -OCH3 is 4. The summed E-state index contributed by atoms with van der Waals surface area (Å²) < 4.78 is 25.6. The van der Waals surface area contributed by atoms with Gasteiger partial charge in [-0.05, 0) is 82.3 Å². The molecule has 0 radical (unpaired) electrons. The average Bonchev–Trinajstić information content (AvgIpc) is 3.60. The van der Waals surface area contributed by atoms with Crippen molar-refractivity contribution in [3.63, 3.8) is 0 Å². The smallest absolute Gasteiger partial charge is 0.219 e. The van der Waals surface area contributed by atoms with Gasteiger partial charge in [0.25, 0.3) is 0 Å². The molecule has 6 aromatic rings. The molecular formula is C40H32Cl4N4O4. The van der Waals surface area contributed by atoms with Gasteiger partial charge in [0.15, 0.2) is 0 Å². The molecule has 11 rings (SSSR count). The fraction of sp³-hybridized carbons (Fsp3) is 0.400. The van der Waals surface area contributed by atoms with Gasteiger partial charge >= 0.3 is 0 Å². The van der Waals surface area contributed by atoms with Crippen molar-refractivity contribution in [2.45, 2.75) is 43.9 Å². The van der Waals surface area contributed by atoms with E-state index in [2.05, 4.69) is 24.3 Å². The van der Waals surface area contributed by atoms with Gasteiger partial charge in [0, 0.05) is 28.4 Å². The first kappa shape index (κ1) is 32.5. The molecule has 2 aromatic heterocycles. The van der Waals surface area contributed by atoms with E-state index in [0.717, 1.165) is 21.5 Å². The predicted octanol–water partition coefficient (Wildman–Crippen LogP) is 8.61. The number of aromatic nitrogens is 4. The summed E-state index contributed by atoms with van der Waals surface area (Å²) in [7, 11) is 6.36. The second kappa shape index (κ2) is 10.0. The largest absolute Gasteiger partial charge is 0.349 e. The minimum absolute atomic E-state index is 0.310. The van der Waals surface area contributed by atoms with E-state index in [4.69, 9.17) is 85.3 Å². The highest BCUT2D eigenvalue weighted by Crippen LogP contribution is 2.84. The minimum Gasteiger partial charge on any atom is -0.349 e. The molecule has 0 saturated heterocycles. The lowest BCUT2D eigenvalue weighted by atomic mass is 9.59. The quantitative estimate of drug-likeness (QED) is 0.100. The van der Waals surface area contributed by atoms with Crippen molar-refractivity contribution in [3.05, 3.63) is 95.6 Å². The van der Waals surface area contributed by atoms with Crippen molar-refractivity contribution in [1.29, 1.82) is 0 Å². The normalized spacial score (nSPS) is 35.7. The third-order valence-electron chi connectivity index (χ3n) is 13.5. The molecule has 4 aromatic carbocycles. The van der Waals surface area contributed by atoms with Crippen LogP contribution in [0.15, 0.2) is 72.8 Å². The zero-order valence-electron chi connectivity index (χ0n) is 28.6. The van der Waals surface area contributed by atoms with Crippen LogP contribution in [-0.2, 0) is 38.4 Å². The Bertz CT molecular complexity index is 2240. The monoisotopic (exact) mass is 772 g/mol. The van der Waals surface area contributed by atoms with E-state index >= 15 is 0 Å². The van der Waals surface area contributed by atoms with E-state index in [1.165, 1.54) is 0 Å². The number of rotatable bonds is 4. The Morgan fingerprint density at radius 1 is 0.442 bits per heavy atom. The van der Waals surface area contributed by atoms with Gasteiger partial charge in [-0.2, -0.15) is 0 Å². The summed E-state index contributed by atoms with van der Waals surface area (Å²) in [5.41, 5.74) is 5.10. The molecule has 8 nitrogen and oxygen atoms in total. The highest BCUT2D eigenvalue weighted by Gasteiger charge is 2.91. The number of alkyl halides is 4. The van der Waals surface area contributed by atoms with Gasteiger partial charge in [0.2, 0.25) is 11.6 Å². The molecule has 0 N–H and O–H groups in total. The average molecular weight is 775 g/mol. The number of fused-ring (bicyclic) bond motifs is 20. The number of halogens is 4. The molecule has 0 amide bonds. The number of hydrogen-bond donors (Lipinski definition) is 0. The summed E-state index contributed by atoms with van der Waals surface area (Å²) in [5.74, 6) is -4.26. The van der Waals surface area contributed by atoms with Crippen molar-refractivity contribution in [1.82, 2.24) is 19.9 Å². The Morgan fingerprint density at radius 3 is 0.885 bits per heavy atom. The second-order valence-electron chi connectivity index (χ2n) is 15.0. The first-order chi connectivity index (χ1) is 25.0. The predicted molar refractivity (Wildman–Crippen MR) is 201 cm³/mol. The third-order valence-corrected chi connectivity index (χ3v) is 16.4. The lowest BCUT2D eigenvalue weighted by Crippen LogP contribution is -2.54. The van der Waals surface area contributed by atoms with Gasteiger partial charge in [-0.25, -0.2) is 19.9 Å². The number of nitrogens with zero attached hydrogens (tertiary/aromatic N) is 4. The first-order valence-corrected chi connectivity index (χ1v) is 18.9. The molecule has 8 atom stereocenters. The summed E-state index contributed by atoms with van der Waals surface area (Å²) in [6.45, 7) is 0.